The van der Waals surface area contributed by atoms with Gasteiger partial charge in [0, 0.05) is 16.2 Å². The van der Waals surface area contributed by atoms with Gasteiger partial charge in [-0.15, -0.1) is 11.3 Å². The first kappa shape index (κ1) is 10.6. The lowest BCUT2D eigenvalue weighted by molar-refractivity contribution is -0.141. The molecule has 0 aromatic carbocycles. The molecule has 4 heteroatoms. The number of carboxylic acid groups (broad SMARTS) is 1. The first-order chi connectivity index (χ1) is 7.16. The van der Waals surface area contributed by atoms with E-state index in [-0.39, 0.29) is 5.92 Å². The maximum absolute atomic E-state index is 10.7. The van der Waals surface area contributed by atoms with Crippen molar-refractivity contribution in [1.29, 1.82) is 0 Å². The van der Waals surface area contributed by atoms with Gasteiger partial charge < -0.3 is 9.84 Å². The molecular weight excluding hydrogens is 212 g/mol. The minimum absolute atomic E-state index is 0.300. The molecule has 0 amide bonds. The van der Waals surface area contributed by atoms with E-state index < -0.39 is 5.97 Å². The van der Waals surface area contributed by atoms with E-state index in [1.54, 1.807) is 18.3 Å². The number of hydrogen-bond donors (Lipinski definition) is 1. The fourth-order valence-electron chi connectivity index (χ4n) is 1.70. The van der Waals surface area contributed by atoms with E-state index in [0.29, 0.717) is 13.0 Å². The number of thiophene rings is 1. The number of carbonyl (C=O) groups is 1. The summed E-state index contributed by atoms with van der Waals surface area (Å²) in [4.78, 5) is 13.3. The molecule has 0 saturated carbocycles. The molecule has 1 aliphatic heterocycles. The zero-order valence-corrected chi connectivity index (χ0v) is 9.47. The van der Waals surface area contributed by atoms with Crippen molar-refractivity contribution < 1.29 is 14.6 Å². The van der Waals surface area contributed by atoms with Gasteiger partial charge >= 0.3 is 5.97 Å². The molecule has 82 valence electrons. The lowest BCUT2D eigenvalue weighted by Crippen LogP contribution is -2.11. The van der Waals surface area contributed by atoms with Crippen LogP contribution in [0.2, 0.25) is 0 Å². The summed E-state index contributed by atoms with van der Waals surface area (Å²) in [6, 6.07) is 2.10. The van der Waals surface area contributed by atoms with Crippen molar-refractivity contribution >= 4 is 17.3 Å². The van der Waals surface area contributed by atoms with E-state index >= 15 is 0 Å². The standard InChI is InChI=1S/C11H14O3S/c1-7(11(12)13)4-9-5-8-6-14-3-2-10(8)15-9/h5,7H,2-4,6H2,1H3,(H,12,13). The Balaban J connectivity index is 2.09. The molecule has 1 aromatic rings. The average Bonchev–Trinajstić information content (AvgIpc) is 2.59. The fraction of sp³-hybridized carbons (Fsp3) is 0.545. The molecule has 1 atom stereocenters. The quantitative estimate of drug-likeness (QED) is 0.858. The summed E-state index contributed by atoms with van der Waals surface area (Å²) in [5.41, 5.74) is 1.25. The van der Waals surface area contributed by atoms with E-state index in [1.807, 2.05) is 0 Å². The highest BCUT2D eigenvalue weighted by Gasteiger charge is 2.17. The molecule has 1 aromatic heterocycles. The van der Waals surface area contributed by atoms with Gasteiger partial charge in [0.2, 0.25) is 0 Å². The maximum atomic E-state index is 10.7. The Morgan fingerprint density at radius 3 is 3.20 bits per heavy atom. The second-order valence-electron chi connectivity index (χ2n) is 3.91. The highest BCUT2D eigenvalue weighted by atomic mass is 32.1. The summed E-state index contributed by atoms with van der Waals surface area (Å²) >= 11 is 1.74. The number of aliphatic carboxylic acids is 1. The molecule has 1 unspecified atom stereocenters. The SMILES string of the molecule is CC(Cc1cc2c(s1)CCOC2)C(=O)O. The van der Waals surface area contributed by atoms with Crippen molar-refractivity contribution in [1.82, 2.24) is 0 Å². The Bertz CT molecular complexity index is 346. The molecule has 0 bridgehead atoms. The highest BCUT2D eigenvalue weighted by molar-refractivity contribution is 7.12. The molecule has 0 spiro atoms. The average molecular weight is 226 g/mol. The van der Waals surface area contributed by atoms with Crippen LogP contribution in [0.1, 0.15) is 22.2 Å². The van der Waals surface area contributed by atoms with Gasteiger partial charge in [0.05, 0.1) is 19.1 Å². The van der Waals surface area contributed by atoms with Gasteiger partial charge in [0.1, 0.15) is 0 Å². The maximum Gasteiger partial charge on any atom is 0.306 e. The lowest BCUT2D eigenvalue weighted by Gasteiger charge is -2.10. The van der Waals surface area contributed by atoms with E-state index in [9.17, 15) is 4.79 Å². The van der Waals surface area contributed by atoms with Crippen molar-refractivity contribution in [3.8, 4) is 0 Å². The molecule has 0 fully saturated rings. The van der Waals surface area contributed by atoms with E-state index in [4.69, 9.17) is 9.84 Å². The summed E-state index contributed by atoms with van der Waals surface area (Å²) in [5, 5.41) is 8.83. The zero-order chi connectivity index (χ0) is 10.8. The molecule has 0 aliphatic carbocycles. The van der Waals surface area contributed by atoms with E-state index in [1.165, 1.54) is 15.3 Å². The van der Waals surface area contributed by atoms with Crippen LogP contribution in [0.3, 0.4) is 0 Å². The van der Waals surface area contributed by atoms with Crippen LogP contribution < -0.4 is 0 Å². The van der Waals surface area contributed by atoms with Crippen molar-refractivity contribution in [2.24, 2.45) is 5.92 Å². The fourth-order valence-corrected chi connectivity index (χ4v) is 2.98. The van der Waals surface area contributed by atoms with E-state index in [2.05, 4.69) is 6.07 Å². The molecule has 0 radical (unpaired) electrons. The van der Waals surface area contributed by atoms with Gasteiger partial charge in [0.25, 0.3) is 0 Å². The van der Waals surface area contributed by atoms with Gasteiger partial charge in [-0.1, -0.05) is 6.92 Å². The molecule has 2 heterocycles. The largest absolute Gasteiger partial charge is 0.481 e. The summed E-state index contributed by atoms with van der Waals surface area (Å²) < 4.78 is 5.35. The second kappa shape index (κ2) is 4.33. The first-order valence-electron chi connectivity index (χ1n) is 5.08. The molecule has 2 rings (SSSR count). The summed E-state index contributed by atoms with van der Waals surface area (Å²) in [7, 11) is 0. The zero-order valence-electron chi connectivity index (χ0n) is 8.66. The third-order valence-electron chi connectivity index (χ3n) is 2.61. The predicted molar refractivity (Wildman–Crippen MR) is 58.2 cm³/mol. The Morgan fingerprint density at radius 2 is 2.53 bits per heavy atom. The Kier molecular flexibility index (Phi) is 3.07. The smallest absolute Gasteiger partial charge is 0.306 e. The molecule has 0 saturated heterocycles. The Labute approximate surface area is 92.7 Å². The number of carboxylic acids is 1. The predicted octanol–water partition coefficient (Wildman–Crippen LogP) is 2.08. The van der Waals surface area contributed by atoms with Gasteiger partial charge in [-0.05, 0) is 18.1 Å². The van der Waals surface area contributed by atoms with Crippen LogP contribution in [0.15, 0.2) is 6.07 Å². The Hall–Kier alpha value is -0.870. The van der Waals surface area contributed by atoms with Gasteiger partial charge in [-0.3, -0.25) is 4.79 Å². The van der Waals surface area contributed by atoms with Gasteiger partial charge in [0.15, 0.2) is 0 Å². The minimum atomic E-state index is -0.724. The molecule has 1 aliphatic rings. The van der Waals surface area contributed by atoms with Gasteiger partial charge in [-0.25, -0.2) is 0 Å². The van der Waals surface area contributed by atoms with E-state index in [0.717, 1.165) is 13.0 Å². The second-order valence-corrected chi connectivity index (χ2v) is 5.13. The van der Waals surface area contributed by atoms with Crippen LogP contribution in [-0.4, -0.2) is 17.7 Å². The third kappa shape index (κ3) is 2.38. The van der Waals surface area contributed by atoms with Gasteiger partial charge in [-0.2, -0.15) is 0 Å². The highest BCUT2D eigenvalue weighted by Crippen LogP contribution is 2.28. The minimum Gasteiger partial charge on any atom is -0.481 e. The van der Waals surface area contributed by atoms with Crippen molar-refractivity contribution in [3.05, 3.63) is 21.4 Å². The van der Waals surface area contributed by atoms with Crippen molar-refractivity contribution in [2.75, 3.05) is 6.61 Å². The lowest BCUT2D eigenvalue weighted by atomic mass is 10.1. The van der Waals surface area contributed by atoms with Crippen LogP contribution >= 0.6 is 11.3 Å². The first-order valence-corrected chi connectivity index (χ1v) is 5.89. The molecule has 1 N–H and O–H groups in total. The van der Waals surface area contributed by atoms with Crippen LogP contribution in [0, 0.1) is 5.92 Å². The number of fused-ring (bicyclic) bond motifs is 1. The van der Waals surface area contributed by atoms with Crippen LogP contribution in [0.4, 0.5) is 0 Å². The number of ether oxygens (including phenoxy) is 1. The summed E-state index contributed by atoms with van der Waals surface area (Å²) in [5.74, 6) is -1.02. The topological polar surface area (TPSA) is 46.5 Å². The molecule has 15 heavy (non-hydrogen) atoms. The summed E-state index contributed by atoms with van der Waals surface area (Å²) in [6.07, 6.45) is 1.61. The third-order valence-corrected chi connectivity index (χ3v) is 3.87. The summed E-state index contributed by atoms with van der Waals surface area (Å²) in [6.45, 7) is 3.23. The van der Waals surface area contributed by atoms with Crippen molar-refractivity contribution in [2.45, 2.75) is 26.4 Å². The molecule has 3 nitrogen and oxygen atoms in total. The molecular formula is C11H14O3S. The number of hydrogen-bond acceptors (Lipinski definition) is 3. The monoisotopic (exact) mass is 226 g/mol. The Morgan fingerprint density at radius 1 is 1.73 bits per heavy atom. The van der Waals surface area contributed by atoms with Crippen LogP contribution in [0.5, 0.6) is 0 Å². The normalized spacial score (nSPS) is 17.1. The van der Waals surface area contributed by atoms with Crippen molar-refractivity contribution in [3.63, 3.8) is 0 Å². The van der Waals surface area contributed by atoms with Crippen LogP contribution in [0.25, 0.3) is 0 Å². The van der Waals surface area contributed by atoms with Crippen LogP contribution in [-0.2, 0) is 29.0 Å². The number of rotatable bonds is 3.